The molecule has 11 nitrogen and oxygen atoms in total. The van der Waals surface area contributed by atoms with Gasteiger partial charge in [0.25, 0.3) is 5.09 Å². The van der Waals surface area contributed by atoms with Gasteiger partial charge in [0.15, 0.2) is 0 Å². The summed E-state index contributed by atoms with van der Waals surface area (Å²) in [6.45, 7) is 4.29. The van der Waals surface area contributed by atoms with Gasteiger partial charge in [0.2, 0.25) is 5.91 Å². The van der Waals surface area contributed by atoms with Crippen LogP contribution in [0.4, 0.5) is 0 Å². The maximum atomic E-state index is 13.2. The van der Waals surface area contributed by atoms with Crippen LogP contribution in [-0.2, 0) is 35.1 Å². The number of ether oxygens (including phenoxy) is 2. The Morgan fingerprint density at radius 1 is 1.14 bits per heavy atom. The average Bonchev–Trinajstić information content (AvgIpc) is 3.36. The van der Waals surface area contributed by atoms with Gasteiger partial charge in [-0.3, -0.25) is 14.9 Å². The number of benzene rings is 1. The van der Waals surface area contributed by atoms with Crippen LogP contribution >= 0.6 is 0 Å². The Kier molecular flexibility index (Phi) is 12.7. The zero-order valence-corrected chi connectivity index (χ0v) is 21.1. The SMILES string of the molecule is CCOC(=O)C(CCc1ccccc1)NC(C)C(=O)N1CCCC1C(=O)OCCCCCO[N+](=O)[O-]. The summed E-state index contributed by atoms with van der Waals surface area (Å²) in [7, 11) is 0. The van der Waals surface area contributed by atoms with Gasteiger partial charge in [-0.05, 0) is 64.4 Å². The Hall–Kier alpha value is -3.21. The van der Waals surface area contributed by atoms with Crippen molar-refractivity contribution in [2.24, 2.45) is 0 Å². The van der Waals surface area contributed by atoms with Crippen molar-refractivity contribution < 1.29 is 33.8 Å². The Morgan fingerprint density at radius 2 is 1.86 bits per heavy atom. The number of aryl methyl sites for hydroxylation is 1. The standard InChI is InChI=1S/C25H37N3O8/c1-3-34-24(30)21(15-14-20-11-6-4-7-12-20)26-19(2)23(29)27-16-10-13-22(27)25(31)35-17-8-5-9-18-36-28(32)33/h4,6-7,11-12,19,21-22,26H,3,5,8-10,13-18H2,1-2H3. The Labute approximate surface area is 211 Å². The highest BCUT2D eigenvalue weighted by Gasteiger charge is 2.38. The van der Waals surface area contributed by atoms with E-state index in [2.05, 4.69) is 10.2 Å². The van der Waals surface area contributed by atoms with Crippen LogP contribution in [0.2, 0.25) is 0 Å². The molecule has 0 aliphatic carbocycles. The molecule has 0 saturated carbocycles. The quantitative estimate of drug-likeness (QED) is 0.155. The molecule has 1 aliphatic rings. The molecule has 1 fully saturated rings. The van der Waals surface area contributed by atoms with E-state index in [1.165, 1.54) is 4.90 Å². The smallest absolute Gasteiger partial charge is 0.328 e. The number of unbranched alkanes of at least 4 members (excludes halogenated alkanes) is 2. The van der Waals surface area contributed by atoms with E-state index in [4.69, 9.17) is 9.47 Å². The van der Waals surface area contributed by atoms with Gasteiger partial charge in [-0.2, -0.15) is 0 Å². The van der Waals surface area contributed by atoms with E-state index in [-0.39, 0.29) is 25.7 Å². The molecule has 0 spiro atoms. The lowest BCUT2D eigenvalue weighted by Crippen LogP contribution is -2.53. The van der Waals surface area contributed by atoms with Crippen molar-refractivity contribution in [3.8, 4) is 0 Å². The van der Waals surface area contributed by atoms with E-state index in [9.17, 15) is 24.5 Å². The molecule has 1 aromatic rings. The topological polar surface area (TPSA) is 137 Å². The first-order valence-electron chi connectivity index (χ1n) is 12.5. The summed E-state index contributed by atoms with van der Waals surface area (Å²) in [5.41, 5.74) is 1.08. The van der Waals surface area contributed by atoms with Gasteiger partial charge in [-0.15, -0.1) is 10.1 Å². The summed E-state index contributed by atoms with van der Waals surface area (Å²) in [5, 5.41) is 12.4. The van der Waals surface area contributed by atoms with Crippen LogP contribution in [-0.4, -0.2) is 72.3 Å². The van der Waals surface area contributed by atoms with Crippen molar-refractivity contribution in [2.75, 3.05) is 26.4 Å². The van der Waals surface area contributed by atoms with Crippen molar-refractivity contribution in [3.05, 3.63) is 46.0 Å². The molecule has 11 heteroatoms. The zero-order chi connectivity index (χ0) is 26.3. The molecule has 3 atom stereocenters. The molecule has 0 radical (unpaired) electrons. The minimum absolute atomic E-state index is 0.00881. The molecule has 2 rings (SSSR count). The normalized spacial score (nSPS) is 16.7. The van der Waals surface area contributed by atoms with E-state index in [1.807, 2.05) is 30.3 Å². The summed E-state index contributed by atoms with van der Waals surface area (Å²) in [5.74, 6) is -1.13. The number of hydrogen-bond acceptors (Lipinski definition) is 9. The van der Waals surface area contributed by atoms with Gasteiger partial charge in [-0.1, -0.05) is 30.3 Å². The first kappa shape index (κ1) is 29.0. The molecule has 1 aromatic carbocycles. The molecule has 200 valence electrons. The Bertz CT molecular complexity index is 851. The predicted octanol–water partition coefficient (Wildman–Crippen LogP) is 2.44. The Morgan fingerprint density at radius 3 is 2.56 bits per heavy atom. The highest BCUT2D eigenvalue weighted by molar-refractivity contribution is 5.88. The van der Waals surface area contributed by atoms with E-state index in [0.717, 1.165) is 5.56 Å². The van der Waals surface area contributed by atoms with Crippen LogP contribution in [0, 0.1) is 10.1 Å². The van der Waals surface area contributed by atoms with Crippen molar-refractivity contribution in [3.63, 3.8) is 0 Å². The fraction of sp³-hybridized carbons (Fsp3) is 0.640. The van der Waals surface area contributed by atoms with Crippen molar-refractivity contribution >= 4 is 17.8 Å². The number of carbonyl (C=O) groups is 3. The molecule has 1 saturated heterocycles. The first-order valence-corrected chi connectivity index (χ1v) is 12.5. The second kappa shape index (κ2) is 15.7. The monoisotopic (exact) mass is 507 g/mol. The van der Waals surface area contributed by atoms with Crippen LogP contribution in [0.5, 0.6) is 0 Å². The van der Waals surface area contributed by atoms with Crippen LogP contribution in [0.15, 0.2) is 30.3 Å². The number of rotatable bonds is 16. The summed E-state index contributed by atoms with van der Waals surface area (Å²) in [4.78, 5) is 54.2. The third-order valence-electron chi connectivity index (χ3n) is 5.99. The number of amides is 1. The van der Waals surface area contributed by atoms with Crippen LogP contribution in [0.1, 0.15) is 57.9 Å². The summed E-state index contributed by atoms with van der Waals surface area (Å²) in [6.07, 6.45) is 3.98. The second-order valence-electron chi connectivity index (χ2n) is 8.69. The van der Waals surface area contributed by atoms with Gasteiger partial charge in [-0.25, -0.2) is 4.79 Å². The summed E-state index contributed by atoms with van der Waals surface area (Å²) in [6, 6.07) is 7.76. The molecule has 1 amide bonds. The van der Waals surface area contributed by atoms with Crippen LogP contribution < -0.4 is 5.32 Å². The molecule has 1 N–H and O–H groups in total. The molecule has 0 bridgehead atoms. The highest BCUT2D eigenvalue weighted by Crippen LogP contribution is 2.20. The minimum atomic E-state index is -0.834. The lowest BCUT2D eigenvalue weighted by molar-refractivity contribution is -0.757. The number of nitrogens with zero attached hydrogens (tertiary/aromatic N) is 2. The summed E-state index contributed by atoms with van der Waals surface area (Å²) < 4.78 is 10.6. The van der Waals surface area contributed by atoms with Gasteiger partial charge < -0.3 is 19.2 Å². The van der Waals surface area contributed by atoms with Crippen molar-refractivity contribution in [2.45, 2.75) is 76.9 Å². The molecule has 1 aliphatic heterocycles. The first-order chi connectivity index (χ1) is 17.3. The number of hydrogen-bond donors (Lipinski definition) is 1. The highest BCUT2D eigenvalue weighted by atomic mass is 16.9. The number of nitrogens with one attached hydrogen (secondary N) is 1. The largest absolute Gasteiger partial charge is 0.465 e. The molecule has 0 aromatic heterocycles. The molecule has 36 heavy (non-hydrogen) atoms. The number of carbonyl (C=O) groups excluding carboxylic acids is 3. The van der Waals surface area contributed by atoms with Gasteiger partial charge in [0.1, 0.15) is 12.1 Å². The maximum Gasteiger partial charge on any atom is 0.328 e. The number of esters is 2. The minimum Gasteiger partial charge on any atom is -0.465 e. The fourth-order valence-corrected chi connectivity index (χ4v) is 4.15. The van der Waals surface area contributed by atoms with E-state index < -0.39 is 35.2 Å². The molecular formula is C25H37N3O8. The lowest BCUT2D eigenvalue weighted by Gasteiger charge is -2.28. The van der Waals surface area contributed by atoms with Crippen LogP contribution in [0.25, 0.3) is 0 Å². The van der Waals surface area contributed by atoms with E-state index >= 15 is 0 Å². The maximum absolute atomic E-state index is 13.2. The van der Waals surface area contributed by atoms with E-state index in [1.54, 1.807) is 13.8 Å². The van der Waals surface area contributed by atoms with E-state index in [0.29, 0.717) is 51.5 Å². The summed E-state index contributed by atoms with van der Waals surface area (Å²) >= 11 is 0. The van der Waals surface area contributed by atoms with Crippen LogP contribution in [0.3, 0.4) is 0 Å². The molecule has 1 heterocycles. The third-order valence-corrected chi connectivity index (χ3v) is 5.99. The molecular weight excluding hydrogens is 470 g/mol. The Balaban J connectivity index is 1.85. The fourth-order valence-electron chi connectivity index (χ4n) is 4.15. The van der Waals surface area contributed by atoms with Gasteiger partial charge in [0.05, 0.1) is 25.9 Å². The van der Waals surface area contributed by atoms with Crippen molar-refractivity contribution in [1.29, 1.82) is 0 Å². The zero-order valence-electron chi connectivity index (χ0n) is 21.1. The van der Waals surface area contributed by atoms with Gasteiger partial charge in [0, 0.05) is 6.54 Å². The molecule has 3 unspecified atom stereocenters. The second-order valence-corrected chi connectivity index (χ2v) is 8.69. The average molecular weight is 508 g/mol. The number of likely N-dealkylation sites (tertiary alicyclic amines) is 1. The van der Waals surface area contributed by atoms with Crippen molar-refractivity contribution in [1.82, 2.24) is 10.2 Å². The predicted molar refractivity (Wildman–Crippen MR) is 130 cm³/mol. The third kappa shape index (κ3) is 9.80. The lowest BCUT2D eigenvalue weighted by atomic mass is 10.0. The van der Waals surface area contributed by atoms with Gasteiger partial charge >= 0.3 is 11.9 Å².